The van der Waals surface area contributed by atoms with Gasteiger partial charge in [0.15, 0.2) is 0 Å². The normalized spacial score (nSPS) is 19.6. The third kappa shape index (κ3) is 2.66. The van der Waals surface area contributed by atoms with Crippen LogP contribution in [0.5, 0.6) is 0 Å². The Morgan fingerprint density at radius 1 is 0.844 bits per heavy atom. The van der Waals surface area contributed by atoms with Crippen LogP contribution in [-0.2, 0) is 5.41 Å². The fourth-order valence-electron chi connectivity index (χ4n) is 5.97. The molecule has 1 nitrogen and oxygen atoms in total. The monoisotopic (exact) mass is 413 g/mol. The van der Waals surface area contributed by atoms with Crippen molar-refractivity contribution in [2.75, 3.05) is 11.4 Å². The number of benzene rings is 3. The lowest BCUT2D eigenvalue weighted by atomic mass is 9.68. The average Bonchev–Trinajstić information content (AvgIpc) is 3.51. The van der Waals surface area contributed by atoms with Gasteiger partial charge in [-0.25, -0.2) is 0 Å². The Morgan fingerprint density at radius 2 is 1.53 bits per heavy atom. The van der Waals surface area contributed by atoms with Crippen molar-refractivity contribution >= 4 is 11.4 Å². The van der Waals surface area contributed by atoms with Crippen LogP contribution in [0.15, 0.2) is 91.0 Å². The summed E-state index contributed by atoms with van der Waals surface area (Å²) in [5.41, 5.74) is 9.12. The molecule has 1 fully saturated rings. The van der Waals surface area contributed by atoms with Crippen LogP contribution in [0.25, 0.3) is 11.1 Å². The molecule has 0 saturated heterocycles. The maximum atomic E-state index is 3.57. The van der Waals surface area contributed by atoms with Gasteiger partial charge >= 0.3 is 0 Å². The van der Waals surface area contributed by atoms with Crippen LogP contribution in [0.4, 0.5) is 11.4 Å². The summed E-state index contributed by atoms with van der Waals surface area (Å²) in [5.74, 6) is 1.30. The molecule has 4 aromatic rings. The number of hydrogen-bond acceptors (Lipinski definition) is 1. The zero-order valence-electron chi connectivity index (χ0n) is 18.7. The van der Waals surface area contributed by atoms with Crippen molar-refractivity contribution in [1.82, 2.24) is 0 Å². The van der Waals surface area contributed by atoms with E-state index >= 15 is 0 Å². The number of hydrogen-bond donors (Lipinski definition) is 0. The Kier molecular flexibility index (Phi) is 4.37. The van der Waals surface area contributed by atoms with Crippen molar-refractivity contribution in [3.8, 4) is 11.1 Å². The van der Waals surface area contributed by atoms with E-state index in [1.54, 1.807) is 0 Å². The van der Waals surface area contributed by atoms with E-state index < -0.39 is 0 Å². The highest BCUT2D eigenvalue weighted by Gasteiger charge is 2.57. The van der Waals surface area contributed by atoms with Crippen molar-refractivity contribution in [2.24, 2.45) is 11.8 Å². The zero-order chi connectivity index (χ0) is 21.7. The molecule has 0 heterocycles. The summed E-state index contributed by atoms with van der Waals surface area (Å²) in [4.78, 5) is 2.37. The molecule has 0 spiro atoms. The predicted octanol–water partition coefficient (Wildman–Crippen LogP) is 7.42. The van der Waals surface area contributed by atoms with E-state index in [-0.39, 0.29) is 5.41 Å². The lowest BCUT2D eigenvalue weighted by Crippen LogP contribution is -2.30. The maximum absolute atomic E-state index is 3.57. The molecule has 3 unspecified atom stereocenters. The molecule has 0 aromatic heterocycles. The molecule has 156 valence electrons. The van der Waals surface area contributed by atoms with Crippen molar-refractivity contribution in [1.29, 1.82) is 0 Å². The van der Waals surface area contributed by atoms with Gasteiger partial charge in [0.05, 0.1) is 5.41 Å². The van der Waals surface area contributed by atoms with Gasteiger partial charge in [-0.2, -0.15) is 0 Å². The van der Waals surface area contributed by atoms with Gasteiger partial charge in [-0.1, -0.05) is 73.7 Å². The first-order valence-electron chi connectivity index (χ1n) is 11.7. The van der Waals surface area contributed by atoms with E-state index in [0.717, 1.165) is 6.54 Å². The Hall–Kier alpha value is -3.50. The first-order valence-corrected chi connectivity index (χ1v) is 11.7. The van der Waals surface area contributed by atoms with E-state index in [4.69, 9.17) is 0 Å². The summed E-state index contributed by atoms with van der Waals surface area (Å²) in [6, 6.07) is 40.0. The van der Waals surface area contributed by atoms with Crippen LogP contribution in [-0.4, -0.2) is 6.54 Å². The van der Waals surface area contributed by atoms with E-state index in [9.17, 15) is 0 Å². The molecule has 32 heavy (non-hydrogen) atoms. The quantitative estimate of drug-likeness (QED) is 0.329. The van der Waals surface area contributed by atoms with Crippen LogP contribution >= 0.6 is 0 Å². The minimum absolute atomic E-state index is 0.134. The summed E-state index contributed by atoms with van der Waals surface area (Å²) >= 11 is 0. The van der Waals surface area contributed by atoms with Gasteiger partial charge in [0, 0.05) is 23.5 Å². The Labute approximate surface area is 191 Å². The summed E-state index contributed by atoms with van der Waals surface area (Å²) in [6.45, 7) is 5.54. The minimum atomic E-state index is -0.134. The molecule has 0 N–H and O–H groups in total. The maximum Gasteiger partial charge on any atom is 0.0573 e. The lowest BCUT2D eigenvalue weighted by molar-refractivity contribution is 0.518. The number of nitrogens with zero attached hydrogens (tertiary/aromatic N) is 1. The standard InChI is InChI=1S/C31H27N/c1-3-32(24-11-5-4-6-12-24)25-19-17-23(18-20-25)31(30-21-22(30)2)28-15-9-7-13-26(28)27-14-8-10-16-29(27)31/h4-9,11-15,17-20,22,30H,3,21H2,1-2H3. The molecule has 0 bridgehead atoms. The number of rotatable bonds is 5. The number of para-hydroxylation sites is 1. The molecule has 1 heteroatoms. The molecular weight excluding hydrogens is 386 g/mol. The predicted molar refractivity (Wildman–Crippen MR) is 132 cm³/mol. The molecule has 1 saturated carbocycles. The fourth-order valence-corrected chi connectivity index (χ4v) is 5.97. The van der Waals surface area contributed by atoms with E-state index in [1.165, 1.54) is 45.6 Å². The second-order valence-electron chi connectivity index (χ2n) is 9.19. The fraction of sp³-hybridized carbons (Fsp3) is 0.226. The van der Waals surface area contributed by atoms with E-state index in [2.05, 4.69) is 116 Å². The van der Waals surface area contributed by atoms with Crippen LogP contribution in [0.3, 0.4) is 0 Å². The molecule has 0 aliphatic heterocycles. The van der Waals surface area contributed by atoms with Gasteiger partial charge in [-0.3, -0.25) is 0 Å². The van der Waals surface area contributed by atoms with Crippen LogP contribution < -0.4 is 4.90 Å². The van der Waals surface area contributed by atoms with Crippen molar-refractivity contribution < 1.29 is 0 Å². The minimum Gasteiger partial charge on any atom is -0.342 e. The van der Waals surface area contributed by atoms with Gasteiger partial charge in [-0.05, 0) is 83.8 Å². The summed E-state index contributed by atoms with van der Waals surface area (Å²) in [6.07, 6.45) is 1.25. The van der Waals surface area contributed by atoms with Gasteiger partial charge in [-0.15, -0.1) is 0 Å². The van der Waals surface area contributed by atoms with Gasteiger partial charge < -0.3 is 4.90 Å². The second-order valence-corrected chi connectivity index (χ2v) is 9.19. The third-order valence-electron chi connectivity index (χ3n) is 7.52. The molecule has 3 atom stereocenters. The average molecular weight is 414 g/mol. The third-order valence-corrected chi connectivity index (χ3v) is 7.52. The number of fused-ring (bicyclic) bond motifs is 3. The summed E-state index contributed by atoms with van der Waals surface area (Å²) < 4.78 is 0. The highest BCUT2D eigenvalue weighted by molar-refractivity contribution is 5.83. The SMILES string of the molecule is CCN(c1ccccc1)c1ccc(C2(C3CC3C)c3c#cccc3-c3ccccc32)cc1. The molecule has 2 aliphatic rings. The first kappa shape index (κ1) is 19.2. The smallest absolute Gasteiger partial charge is 0.0573 e. The molecule has 0 amide bonds. The van der Waals surface area contributed by atoms with Gasteiger partial charge in [0.25, 0.3) is 0 Å². The highest BCUT2D eigenvalue weighted by Crippen LogP contribution is 2.64. The topological polar surface area (TPSA) is 3.24 Å². The molecule has 2 aliphatic carbocycles. The van der Waals surface area contributed by atoms with Crippen molar-refractivity contribution in [2.45, 2.75) is 25.7 Å². The molecule has 4 aromatic carbocycles. The summed E-state index contributed by atoms with van der Waals surface area (Å²) in [5, 5.41) is 0. The van der Waals surface area contributed by atoms with Crippen LogP contribution in [0.2, 0.25) is 0 Å². The van der Waals surface area contributed by atoms with Gasteiger partial charge in [0.1, 0.15) is 0 Å². The first-order chi connectivity index (χ1) is 15.7. The second kappa shape index (κ2) is 7.28. The van der Waals surface area contributed by atoms with E-state index in [1.807, 2.05) is 6.07 Å². The van der Waals surface area contributed by atoms with Gasteiger partial charge in [0.2, 0.25) is 0 Å². The molecule has 6 rings (SSSR count). The Balaban J connectivity index is 1.52. The number of anilines is 2. The van der Waals surface area contributed by atoms with Crippen molar-refractivity contribution in [3.63, 3.8) is 0 Å². The Bertz CT molecular complexity index is 1210. The molecule has 0 radical (unpaired) electrons. The van der Waals surface area contributed by atoms with Crippen LogP contribution in [0, 0.1) is 24.0 Å². The summed E-state index contributed by atoms with van der Waals surface area (Å²) in [7, 11) is 0. The van der Waals surface area contributed by atoms with E-state index in [0.29, 0.717) is 11.8 Å². The highest BCUT2D eigenvalue weighted by atomic mass is 15.1. The van der Waals surface area contributed by atoms with Crippen LogP contribution in [0.1, 0.15) is 37.0 Å². The zero-order valence-corrected chi connectivity index (χ0v) is 18.7. The van der Waals surface area contributed by atoms with Crippen molar-refractivity contribution in [3.05, 3.63) is 120 Å². The largest absolute Gasteiger partial charge is 0.342 e. The Morgan fingerprint density at radius 3 is 2.25 bits per heavy atom. The molecular formula is C31H27N. The lowest BCUT2D eigenvalue weighted by Gasteiger charge is -2.33.